The van der Waals surface area contributed by atoms with Gasteiger partial charge in [0.2, 0.25) is 0 Å². The Morgan fingerprint density at radius 1 is 1.17 bits per heavy atom. The summed E-state index contributed by atoms with van der Waals surface area (Å²) < 4.78 is 8.34. The molecule has 1 aromatic carbocycles. The molecule has 8 heteroatoms. The number of aromatic nitrogens is 4. The number of ether oxygens (including phenoxy) is 1. The van der Waals surface area contributed by atoms with Crippen LogP contribution in [0.2, 0.25) is 0 Å². The number of hydrogen-bond acceptors (Lipinski definition) is 6. The van der Waals surface area contributed by atoms with Gasteiger partial charge in [-0.2, -0.15) is 5.10 Å². The van der Waals surface area contributed by atoms with Crippen LogP contribution in [0.4, 0.5) is 5.69 Å². The highest BCUT2D eigenvalue weighted by Gasteiger charge is 2.23. The van der Waals surface area contributed by atoms with Gasteiger partial charge >= 0.3 is 0 Å². The molecule has 5 rings (SSSR count). The highest BCUT2D eigenvalue weighted by atomic mass is 79.9. The van der Waals surface area contributed by atoms with E-state index in [1.54, 1.807) is 41.5 Å². The van der Waals surface area contributed by atoms with Crippen molar-refractivity contribution in [2.75, 3.05) is 12.3 Å². The quantitative estimate of drug-likeness (QED) is 0.369. The van der Waals surface area contributed by atoms with Gasteiger partial charge in [-0.25, -0.2) is 9.67 Å². The minimum Gasteiger partial charge on any atom is -0.398 e. The predicted octanol–water partition coefficient (Wildman–Crippen LogP) is 4.25. The molecule has 1 saturated heterocycles. The van der Waals surface area contributed by atoms with Gasteiger partial charge in [0.15, 0.2) is 17.7 Å². The molecular formula is C21H18BrN5O2. The number of halogens is 1. The Morgan fingerprint density at radius 2 is 2.07 bits per heavy atom. The van der Waals surface area contributed by atoms with Crippen molar-refractivity contribution in [2.24, 2.45) is 0 Å². The first-order valence-corrected chi connectivity index (χ1v) is 10.3. The lowest BCUT2D eigenvalue weighted by Gasteiger charge is -2.23. The summed E-state index contributed by atoms with van der Waals surface area (Å²) in [6, 6.07) is 7.10. The van der Waals surface area contributed by atoms with Crippen molar-refractivity contribution in [1.82, 2.24) is 19.7 Å². The van der Waals surface area contributed by atoms with Gasteiger partial charge in [-0.15, -0.1) is 0 Å². The number of pyridine rings is 2. The van der Waals surface area contributed by atoms with E-state index in [0.717, 1.165) is 34.6 Å². The topological polar surface area (TPSA) is 95.9 Å². The summed E-state index contributed by atoms with van der Waals surface area (Å²) in [5.41, 5.74) is 9.07. The maximum Gasteiger partial charge on any atom is 0.196 e. The molecule has 1 atom stereocenters. The van der Waals surface area contributed by atoms with Gasteiger partial charge in [0.25, 0.3) is 0 Å². The molecule has 1 unspecified atom stereocenters. The normalized spacial score (nSPS) is 17.1. The van der Waals surface area contributed by atoms with E-state index < -0.39 is 0 Å². The molecule has 1 fully saturated rings. The third-order valence-corrected chi connectivity index (χ3v) is 5.90. The van der Waals surface area contributed by atoms with Crippen LogP contribution in [0.25, 0.3) is 21.9 Å². The lowest BCUT2D eigenvalue weighted by molar-refractivity contribution is -0.0370. The maximum absolute atomic E-state index is 13.4. The van der Waals surface area contributed by atoms with Crippen molar-refractivity contribution >= 4 is 49.3 Å². The van der Waals surface area contributed by atoms with E-state index in [4.69, 9.17) is 10.5 Å². The second-order valence-corrected chi connectivity index (χ2v) is 7.91. The van der Waals surface area contributed by atoms with E-state index in [0.29, 0.717) is 34.5 Å². The molecule has 7 nitrogen and oxygen atoms in total. The van der Waals surface area contributed by atoms with Gasteiger partial charge in [0.05, 0.1) is 22.8 Å². The van der Waals surface area contributed by atoms with Crippen molar-refractivity contribution in [3.63, 3.8) is 0 Å². The number of carbonyl (C=O) groups is 1. The summed E-state index contributed by atoms with van der Waals surface area (Å²) in [4.78, 5) is 22.3. The Balaban J connectivity index is 1.63. The molecule has 3 aromatic heterocycles. The zero-order valence-corrected chi connectivity index (χ0v) is 17.1. The molecule has 4 heterocycles. The minimum atomic E-state index is -0.175. The van der Waals surface area contributed by atoms with Crippen molar-refractivity contribution < 1.29 is 9.53 Å². The molecule has 1 aliphatic heterocycles. The van der Waals surface area contributed by atoms with Crippen LogP contribution in [0.5, 0.6) is 0 Å². The average Bonchev–Trinajstić information content (AvgIpc) is 3.21. The van der Waals surface area contributed by atoms with Gasteiger partial charge in [0.1, 0.15) is 0 Å². The van der Waals surface area contributed by atoms with Crippen LogP contribution in [-0.2, 0) is 4.74 Å². The number of rotatable bonds is 3. The molecule has 0 aliphatic carbocycles. The fraction of sp³-hybridized carbons (Fsp3) is 0.238. The second kappa shape index (κ2) is 7.20. The highest BCUT2D eigenvalue weighted by Crippen LogP contribution is 2.33. The third-order valence-electron chi connectivity index (χ3n) is 5.30. The van der Waals surface area contributed by atoms with Crippen LogP contribution in [0, 0.1) is 0 Å². The lowest BCUT2D eigenvalue weighted by atomic mass is 9.98. The summed E-state index contributed by atoms with van der Waals surface area (Å²) in [6.07, 6.45) is 7.88. The van der Waals surface area contributed by atoms with Gasteiger partial charge in [-0.05, 0) is 59.5 Å². The average molecular weight is 452 g/mol. The number of ketones is 1. The summed E-state index contributed by atoms with van der Waals surface area (Å²) >= 11 is 3.51. The van der Waals surface area contributed by atoms with Crippen LogP contribution >= 0.6 is 15.9 Å². The molecule has 146 valence electrons. The first kappa shape index (κ1) is 18.2. The molecule has 1 aliphatic rings. The first-order chi connectivity index (χ1) is 14.1. The number of nitrogens with zero attached hydrogens (tertiary/aromatic N) is 4. The van der Waals surface area contributed by atoms with E-state index >= 15 is 0 Å². The van der Waals surface area contributed by atoms with Crippen LogP contribution in [0.1, 0.15) is 41.4 Å². The van der Waals surface area contributed by atoms with E-state index in [9.17, 15) is 4.79 Å². The van der Waals surface area contributed by atoms with E-state index in [1.807, 2.05) is 6.07 Å². The number of nitrogen functional groups attached to an aromatic ring is 1. The lowest BCUT2D eigenvalue weighted by Crippen LogP contribution is -2.19. The molecule has 0 radical (unpaired) electrons. The fourth-order valence-corrected chi connectivity index (χ4v) is 4.38. The maximum atomic E-state index is 13.4. The summed E-state index contributed by atoms with van der Waals surface area (Å²) in [6.45, 7) is 0.709. The minimum absolute atomic E-state index is 0.148. The smallest absolute Gasteiger partial charge is 0.196 e. The highest BCUT2D eigenvalue weighted by molar-refractivity contribution is 9.10. The molecule has 4 aromatic rings. The summed E-state index contributed by atoms with van der Waals surface area (Å²) in [5, 5.41) is 5.90. The SMILES string of the molecule is Nc1c(C(=O)c2ccnc3c2cnn3C2CCCCO2)cc(Br)c2ncccc12. The Morgan fingerprint density at radius 3 is 2.90 bits per heavy atom. The second-order valence-electron chi connectivity index (χ2n) is 7.05. The van der Waals surface area contributed by atoms with Crippen LogP contribution in [0.3, 0.4) is 0 Å². The number of nitrogens with two attached hydrogens (primary N) is 1. The van der Waals surface area contributed by atoms with Gasteiger partial charge < -0.3 is 10.5 Å². The molecule has 0 amide bonds. The molecule has 0 bridgehead atoms. The number of carbonyl (C=O) groups excluding carboxylic acids is 1. The van der Waals surface area contributed by atoms with Crippen LogP contribution < -0.4 is 5.73 Å². The van der Waals surface area contributed by atoms with E-state index in [1.165, 1.54) is 0 Å². The zero-order chi connectivity index (χ0) is 20.0. The largest absolute Gasteiger partial charge is 0.398 e. The van der Waals surface area contributed by atoms with Gasteiger partial charge in [0, 0.05) is 40.0 Å². The molecular weight excluding hydrogens is 434 g/mol. The number of fused-ring (bicyclic) bond motifs is 2. The molecule has 0 spiro atoms. The Bertz CT molecular complexity index is 1250. The number of anilines is 1. The van der Waals surface area contributed by atoms with Crippen LogP contribution in [-0.4, -0.2) is 32.1 Å². The molecule has 29 heavy (non-hydrogen) atoms. The van der Waals surface area contributed by atoms with Gasteiger partial charge in [-0.3, -0.25) is 9.78 Å². The Kier molecular flexibility index (Phi) is 4.52. The standard InChI is InChI=1S/C21H18BrN5O2/c22-16-10-14(18(23)13-4-3-7-24-19(13)16)20(28)12-6-8-25-21-15(12)11-26-27(21)17-5-1-2-9-29-17/h3-4,6-8,10-11,17H,1-2,5,9,23H2. The van der Waals surface area contributed by atoms with E-state index in [-0.39, 0.29) is 12.0 Å². The van der Waals surface area contributed by atoms with Crippen molar-refractivity contribution in [3.8, 4) is 0 Å². The number of hydrogen-bond donors (Lipinski definition) is 1. The first-order valence-electron chi connectivity index (χ1n) is 9.46. The molecule has 0 saturated carbocycles. The Labute approximate surface area is 175 Å². The van der Waals surface area contributed by atoms with Crippen molar-refractivity contribution in [2.45, 2.75) is 25.5 Å². The third kappa shape index (κ3) is 2.99. The van der Waals surface area contributed by atoms with Crippen molar-refractivity contribution in [1.29, 1.82) is 0 Å². The summed E-state index contributed by atoms with van der Waals surface area (Å²) in [7, 11) is 0. The monoisotopic (exact) mass is 451 g/mol. The van der Waals surface area contributed by atoms with E-state index in [2.05, 4.69) is 31.0 Å². The number of benzene rings is 1. The predicted molar refractivity (Wildman–Crippen MR) is 114 cm³/mol. The summed E-state index contributed by atoms with van der Waals surface area (Å²) in [5.74, 6) is -0.175. The Hall–Kier alpha value is -2.84. The zero-order valence-electron chi connectivity index (χ0n) is 15.5. The van der Waals surface area contributed by atoms with Gasteiger partial charge in [-0.1, -0.05) is 0 Å². The van der Waals surface area contributed by atoms with Crippen molar-refractivity contribution in [3.05, 3.63) is 58.5 Å². The molecule has 2 N–H and O–H groups in total. The fourth-order valence-electron chi connectivity index (χ4n) is 3.84. The van der Waals surface area contributed by atoms with Crippen LogP contribution in [0.15, 0.2) is 47.3 Å².